The summed E-state index contributed by atoms with van der Waals surface area (Å²) in [4.78, 5) is 12.3. The second-order valence-corrected chi connectivity index (χ2v) is 9.69. The minimum absolute atomic E-state index is 0.0650. The zero-order valence-electron chi connectivity index (χ0n) is 11.8. The van der Waals surface area contributed by atoms with Gasteiger partial charge in [-0.25, -0.2) is 8.42 Å². The highest BCUT2D eigenvalue weighted by atomic mass is 35.7. The highest BCUT2D eigenvalue weighted by Crippen LogP contribution is 2.48. The van der Waals surface area contributed by atoms with Gasteiger partial charge in [0, 0.05) is 22.6 Å². The van der Waals surface area contributed by atoms with E-state index in [1.807, 2.05) is 0 Å². The van der Waals surface area contributed by atoms with Crippen LogP contribution in [0.5, 0.6) is 0 Å². The number of rotatable bonds is 6. The van der Waals surface area contributed by atoms with E-state index in [0.717, 1.165) is 23.2 Å². The van der Waals surface area contributed by atoms with Crippen LogP contribution in [0.2, 0.25) is 0 Å². The van der Waals surface area contributed by atoms with E-state index in [4.69, 9.17) is 10.7 Å². The highest BCUT2D eigenvalue weighted by molar-refractivity contribution is 8.15. The maximum atomic E-state index is 12.3. The van der Waals surface area contributed by atoms with E-state index in [-0.39, 0.29) is 10.1 Å². The van der Waals surface area contributed by atoms with Crippen LogP contribution in [-0.2, 0) is 9.05 Å². The number of thiophene rings is 1. The summed E-state index contributed by atoms with van der Waals surface area (Å²) in [7, 11) is 1.59. The first-order chi connectivity index (χ1) is 9.88. The van der Waals surface area contributed by atoms with E-state index in [1.165, 1.54) is 25.7 Å². The molecule has 2 fully saturated rings. The summed E-state index contributed by atoms with van der Waals surface area (Å²) in [6.45, 7) is 2.33. The van der Waals surface area contributed by atoms with Crippen LogP contribution in [0.15, 0.2) is 9.59 Å². The molecule has 0 radical (unpaired) electrons. The van der Waals surface area contributed by atoms with Crippen LogP contribution in [0.4, 0.5) is 0 Å². The Morgan fingerprint density at radius 3 is 2.38 bits per heavy atom. The Kier molecular flexibility index (Phi) is 4.05. The van der Waals surface area contributed by atoms with E-state index in [1.54, 1.807) is 12.3 Å². The number of hydrogen-bond donors (Lipinski definition) is 1. The number of amides is 1. The highest BCUT2D eigenvalue weighted by Gasteiger charge is 2.41. The van der Waals surface area contributed by atoms with Crippen molar-refractivity contribution >= 4 is 37.0 Å². The van der Waals surface area contributed by atoms with Gasteiger partial charge >= 0.3 is 0 Å². The fourth-order valence-corrected chi connectivity index (χ4v) is 5.49. The van der Waals surface area contributed by atoms with Crippen molar-refractivity contribution in [3.8, 4) is 0 Å². The molecule has 1 heterocycles. The summed E-state index contributed by atoms with van der Waals surface area (Å²) < 4.78 is 22.9. The Balaban J connectivity index is 1.66. The van der Waals surface area contributed by atoms with Gasteiger partial charge in [0.05, 0.1) is 5.56 Å². The third-order valence-electron chi connectivity index (χ3n) is 4.41. The third-order valence-corrected chi connectivity index (χ3v) is 7.72. The van der Waals surface area contributed by atoms with Crippen molar-refractivity contribution in [1.29, 1.82) is 0 Å². The number of carbonyl (C=O) groups excluding carboxylic acids is 1. The number of carbonyl (C=O) groups is 1. The molecule has 0 aliphatic heterocycles. The predicted molar refractivity (Wildman–Crippen MR) is 83.4 cm³/mol. The fraction of sp³-hybridized carbons (Fsp3) is 0.643. The zero-order chi connectivity index (χ0) is 15.2. The van der Waals surface area contributed by atoms with E-state index >= 15 is 0 Å². The topological polar surface area (TPSA) is 63.2 Å². The standard InChI is InChI=1S/C14H18ClNO3S2/c1-8-12(7-20-14(8)21(15,18)19)13(17)16-6-11(9-2-3-9)10-4-5-10/h7,9-11H,2-6H2,1H3,(H,16,17). The number of halogens is 1. The van der Waals surface area contributed by atoms with Crippen molar-refractivity contribution in [2.75, 3.05) is 6.54 Å². The number of nitrogens with one attached hydrogen (secondary N) is 1. The molecule has 2 aliphatic carbocycles. The first-order valence-electron chi connectivity index (χ1n) is 7.19. The van der Waals surface area contributed by atoms with E-state index in [2.05, 4.69) is 5.32 Å². The van der Waals surface area contributed by atoms with Crippen molar-refractivity contribution in [2.45, 2.75) is 36.8 Å². The lowest BCUT2D eigenvalue weighted by Crippen LogP contribution is -2.31. The average molecular weight is 348 g/mol. The average Bonchev–Trinajstić information content (AvgIpc) is 3.28. The predicted octanol–water partition coefficient (Wildman–Crippen LogP) is 3.15. The van der Waals surface area contributed by atoms with Crippen LogP contribution < -0.4 is 5.32 Å². The van der Waals surface area contributed by atoms with E-state index < -0.39 is 9.05 Å². The fourth-order valence-electron chi connectivity index (χ4n) is 2.94. The van der Waals surface area contributed by atoms with Gasteiger partial charge < -0.3 is 5.32 Å². The second-order valence-electron chi connectivity index (χ2n) is 6.05. The minimum Gasteiger partial charge on any atom is -0.352 e. The van der Waals surface area contributed by atoms with E-state index in [9.17, 15) is 13.2 Å². The molecule has 3 rings (SSSR count). The van der Waals surface area contributed by atoms with Crippen molar-refractivity contribution in [1.82, 2.24) is 5.32 Å². The van der Waals surface area contributed by atoms with Crippen molar-refractivity contribution in [2.24, 2.45) is 17.8 Å². The Morgan fingerprint density at radius 2 is 1.95 bits per heavy atom. The van der Waals surface area contributed by atoms with Crippen LogP contribution >= 0.6 is 22.0 Å². The summed E-state index contributed by atoms with van der Waals surface area (Å²) in [6.07, 6.45) is 5.12. The van der Waals surface area contributed by atoms with Crippen molar-refractivity contribution in [3.05, 3.63) is 16.5 Å². The van der Waals surface area contributed by atoms with Gasteiger partial charge in [-0.3, -0.25) is 4.79 Å². The van der Waals surface area contributed by atoms with E-state index in [0.29, 0.717) is 23.6 Å². The molecule has 2 aliphatic rings. The van der Waals surface area contributed by atoms with Gasteiger partial charge in [0.2, 0.25) is 0 Å². The largest absolute Gasteiger partial charge is 0.352 e. The SMILES string of the molecule is Cc1c(C(=O)NCC(C2CC2)C2CC2)csc1S(=O)(=O)Cl. The molecule has 7 heteroatoms. The molecule has 0 aromatic carbocycles. The molecule has 0 atom stereocenters. The maximum absolute atomic E-state index is 12.3. The molecule has 4 nitrogen and oxygen atoms in total. The Labute approximate surface area is 133 Å². The quantitative estimate of drug-likeness (QED) is 0.804. The molecule has 0 unspecified atom stereocenters. The van der Waals surface area contributed by atoms with Gasteiger partial charge in [-0.2, -0.15) is 0 Å². The molecule has 1 N–H and O–H groups in total. The Hall–Kier alpha value is -0.590. The first-order valence-corrected chi connectivity index (χ1v) is 10.4. The molecule has 1 aromatic heterocycles. The van der Waals surface area contributed by atoms with Gasteiger partial charge in [0.1, 0.15) is 4.21 Å². The lowest BCUT2D eigenvalue weighted by Gasteiger charge is -2.16. The number of hydrogen-bond acceptors (Lipinski definition) is 4. The van der Waals surface area contributed by atoms with Gasteiger partial charge in [0.25, 0.3) is 15.0 Å². The molecule has 1 aromatic rings. The lowest BCUT2D eigenvalue weighted by atomic mass is 9.98. The summed E-state index contributed by atoms with van der Waals surface area (Å²) in [5.41, 5.74) is 0.867. The van der Waals surface area contributed by atoms with Gasteiger partial charge in [-0.15, -0.1) is 11.3 Å². The molecule has 0 saturated heterocycles. The van der Waals surface area contributed by atoms with Gasteiger partial charge in [0.15, 0.2) is 0 Å². The minimum atomic E-state index is -3.77. The molecule has 0 bridgehead atoms. The molecular weight excluding hydrogens is 330 g/mol. The molecular formula is C14H18ClNO3S2. The first kappa shape index (κ1) is 15.3. The van der Waals surface area contributed by atoms with Gasteiger partial charge in [-0.05, 0) is 55.9 Å². The lowest BCUT2D eigenvalue weighted by molar-refractivity contribution is 0.0943. The second kappa shape index (κ2) is 5.56. The van der Waals surface area contributed by atoms with Crippen LogP contribution in [0, 0.1) is 24.7 Å². The monoisotopic (exact) mass is 347 g/mol. The third kappa shape index (κ3) is 3.43. The molecule has 0 spiro atoms. The smallest absolute Gasteiger partial charge is 0.271 e. The summed E-state index contributed by atoms with van der Waals surface area (Å²) >= 11 is 1.00. The van der Waals surface area contributed by atoms with Crippen molar-refractivity contribution < 1.29 is 13.2 Å². The van der Waals surface area contributed by atoms with Crippen LogP contribution in [0.3, 0.4) is 0 Å². The molecule has 116 valence electrons. The molecule has 21 heavy (non-hydrogen) atoms. The zero-order valence-corrected chi connectivity index (χ0v) is 14.2. The Bertz CT molecular complexity index is 648. The molecule has 1 amide bonds. The summed E-state index contributed by atoms with van der Waals surface area (Å²) in [6, 6.07) is 0. The van der Waals surface area contributed by atoms with Gasteiger partial charge in [-0.1, -0.05) is 0 Å². The molecule has 2 saturated carbocycles. The summed E-state index contributed by atoms with van der Waals surface area (Å²) in [5.74, 6) is 1.96. The van der Waals surface area contributed by atoms with Crippen LogP contribution in [0.1, 0.15) is 41.6 Å². The van der Waals surface area contributed by atoms with Crippen LogP contribution in [0.25, 0.3) is 0 Å². The Morgan fingerprint density at radius 1 is 1.38 bits per heavy atom. The maximum Gasteiger partial charge on any atom is 0.271 e. The van der Waals surface area contributed by atoms with Crippen LogP contribution in [-0.4, -0.2) is 20.9 Å². The summed E-state index contributed by atoms with van der Waals surface area (Å²) in [5, 5.41) is 4.55. The van der Waals surface area contributed by atoms with Crippen molar-refractivity contribution in [3.63, 3.8) is 0 Å². The normalized spacial score (nSPS) is 19.0.